The Balaban J connectivity index is 1.55. The van der Waals surface area contributed by atoms with E-state index in [1.54, 1.807) is 38.2 Å². The Morgan fingerprint density at radius 1 is 1.14 bits per heavy atom. The second-order valence-electron chi connectivity index (χ2n) is 7.60. The number of ether oxygens (including phenoxy) is 1. The number of aromatic nitrogens is 2. The van der Waals surface area contributed by atoms with Crippen LogP contribution in [0.2, 0.25) is 0 Å². The third-order valence-electron chi connectivity index (χ3n) is 4.20. The molecule has 0 saturated carbocycles. The first-order valence-electron chi connectivity index (χ1n) is 9.27. The molecule has 2 aromatic rings. The molecule has 1 aromatic carbocycles. The maximum absolute atomic E-state index is 11.8. The highest BCUT2D eigenvalue weighted by molar-refractivity contribution is 5.60. The number of piperazine rings is 1. The van der Waals surface area contributed by atoms with E-state index < -0.39 is 11.8 Å². The van der Waals surface area contributed by atoms with E-state index in [0.29, 0.717) is 32.0 Å². The van der Waals surface area contributed by atoms with E-state index in [9.17, 15) is 9.90 Å². The molecule has 150 valence electrons. The molecule has 0 unspecified atom stereocenters. The van der Waals surface area contributed by atoms with Crippen molar-refractivity contribution in [2.24, 2.45) is 0 Å². The summed E-state index contributed by atoms with van der Waals surface area (Å²) in [6.07, 6.45) is 2.90. The normalized spacial score (nSPS) is 15.4. The minimum atomic E-state index is -0.682. The van der Waals surface area contributed by atoms with Crippen LogP contribution in [-0.2, 0) is 16.2 Å². The lowest BCUT2D eigenvalue weighted by molar-refractivity contribution is -0.144. The average molecular weight is 386 g/mol. The molecule has 2 heterocycles. The highest BCUT2D eigenvalue weighted by Gasteiger charge is 2.24. The summed E-state index contributed by atoms with van der Waals surface area (Å²) in [4.78, 5) is 28.1. The molecule has 1 fully saturated rings. The molecule has 1 aliphatic heterocycles. The highest BCUT2D eigenvalue weighted by Crippen LogP contribution is 2.20. The third kappa shape index (κ3) is 5.40. The molecule has 0 spiro atoms. The fourth-order valence-corrected chi connectivity index (χ4v) is 2.85. The number of nitrogens with zero attached hydrogens (tertiary/aromatic N) is 4. The Morgan fingerprint density at radius 2 is 1.82 bits per heavy atom. The first-order valence-corrected chi connectivity index (χ1v) is 9.27. The van der Waals surface area contributed by atoms with Crippen LogP contribution in [0.1, 0.15) is 26.3 Å². The summed E-state index contributed by atoms with van der Waals surface area (Å²) in [6.45, 7) is 7.90. The van der Waals surface area contributed by atoms with Gasteiger partial charge >= 0.3 is 6.16 Å². The van der Waals surface area contributed by atoms with Gasteiger partial charge in [-0.25, -0.2) is 14.8 Å². The first-order chi connectivity index (χ1) is 13.3. The molecule has 0 radical (unpaired) electrons. The second kappa shape index (κ2) is 8.53. The number of hydrogen-bond donors (Lipinski definition) is 1. The van der Waals surface area contributed by atoms with Crippen LogP contribution in [0.3, 0.4) is 0 Å². The van der Waals surface area contributed by atoms with Gasteiger partial charge in [-0.05, 0) is 32.4 Å². The molecule has 0 aliphatic carbocycles. The molecule has 1 saturated heterocycles. The molecule has 0 bridgehead atoms. The number of aliphatic hydroxyl groups excluding tert-OH is 1. The lowest BCUT2D eigenvalue weighted by Crippen LogP contribution is -2.47. The Morgan fingerprint density at radius 3 is 2.43 bits per heavy atom. The maximum atomic E-state index is 11.8. The molecule has 8 nitrogen and oxygen atoms in total. The number of carbonyl (C=O) groups is 1. The summed E-state index contributed by atoms with van der Waals surface area (Å²) in [5.74, 6) is 0.617. The standard InChI is InChI=1S/C20H26N4O4/c1-20(2,3)27-19(26)28-24-9-7-23(8-10-24)17-12-21-18(22-13-17)16-6-4-5-15(11-16)14-25/h4-6,11-13,25H,7-10,14H2,1-3H3. The van der Waals surface area contributed by atoms with E-state index in [-0.39, 0.29) is 6.61 Å². The summed E-state index contributed by atoms with van der Waals surface area (Å²) in [7, 11) is 0. The molecule has 3 rings (SSSR count). The van der Waals surface area contributed by atoms with E-state index in [4.69, 9.17) is 9.57 Å². The van der Waals surface area contributed by atoms with E-state index in [0.717, 1.165) is 16.8 Å². The predicted octanol–water partition coefficient (Wildman–Crippen LogP) is 2.62. The predicted molar refractivity (Wildman–Crippen MR) is 104 cm³/mol. The van der Waals surface area contributed by atoms with Crippen molar-refractivity contribution in [2.45, 2.75) is 33.0 Å². The van der Waals surface area contributed by atoms with Gasteiger partial charge in [0.2, 0.25) is 0 Å². The van der Waals surface area contributed by atoms with Crippen LogP contribution in [0.15, 0.2) is 36.7 Å². The molecule has 8 heteroatoms. The fourth-order valence-electron chi connectivity index (χ4n) is 2.85. The van der Waals surface area contributed by atoms with E-state index >= 15 is 0 Å². The Labute approximate surface area is 164 Å². The van der Waals surface area contributed by atoms with Gasteiger partial charge < -0.3 is 19.6 Å². The van der Waals surface area contributed by atoms with Crippen LogP contribution in [-0.4, -0.2) is 58.1 Å². The van der Waals surface area contributed by atoms with Crippen molar-refractivity contribution < 1.29 is 19.5 Å². The Hall–Kier alpha value is -2.71. The smallest absolute Gasteiger partial charge is 0.427 e. The lowest BCUT2D eigenvalue weighted by atomic mass is 10.1. The number of rotatable bonds is 4. The van der Waals surface area contributed by atoms with Gasteiger partial charge in [-0.3, -0.25) is 0 Å². The van der Waals surface area contributed by atoms with Gasteiger partial charge in [-0.2, -0.15) is 0 Å². The molecular formula is C20H26N4O4. The summed E-state index contributed by atoms with van der Waals surface area (Å²) < 4.78 is 5.17. The Bertz CT molecular complexity index is 797. The number of aliphatic hydroxyl groups is 1. The van der Waals surface area contributed by atoms with Crippen molar-refractivity contribution in [3.05, 3.63) is 42.2 Å². The van der Waals surface area contributed by atoms with Crippen molar-refractivity contribution >= 4 is 11.8 Å². The zero-order valence-electron chi connectivity index (χ0n) is 16.5. The SMILES string of the molecule is CC(C)(C)OC(=O)ON1CCN(c2cnc(-c3cccc(CO)c3)nc2)CC1. The van der Waals surface area contributed by atoms with Crippen LogP contribution in [0.4, 0.5) is 10.5 Å². The zero-order valence-corrected chi connectivity index (χ0v) is 16.5. The van der Waals surface area contributed by atoms with Gasteiger partial charge in [0.15, 0.2) is 5.82 Å². The van der Waals surface area contributed by atoms with Crippen molar-refractivity contribution in [3.63, 3.8) is 0 Å². The average Bonchev–Trinajstić information content (AvgIpc) is 2.67. The van der Waals surface area contributed by atoms with Crippen LogP contribution in [0, 0.1) is 0 Å². The second-order valence-corrected chi connectivity index (χ2v) is 7.60. The quantitative estimate of drug-likeness (QED) is 0.803. The highest BCUT2D eigenvalue weighted by atomic mass is 16.8. The van der Waals surface area contributed by atoms with E-state index in [2.05, 4.69) is 14.9 Å². The van der Waals surface area contributed by atoms with Gasteiger partial charge in [-0.15, -0.1) is 5.06 Å². The van der Waals surface area contributed by atoms with Crippen LogP contribution < -0.4 is 4.90 Å². The van der Waals surface area contributed by atoms with Crippen LogP contribution >= 0.6 is 0 Å². The zero-order chi connectivity index (χ0) is 20.1. The largest absolute Gasteiger partial charge is 0.528 e. The van der Waals surface area contributed by atoms with Crippen molar-refractivity contribution in [1.29, 1.82) is 0 Å². The summed E-state index contributed by atoms with van der Waals surface area (Å²) in [5, 5.41) is 10.9. The molecule has 1 aromatic heterocycles. The van der Waals surface area contributed by atoms with Gasteiger partial charge in [0.05, 0.1) is 37.8 Å². The van der Waals surface area contributed by atoms with Crippen molar-refractivity contribution in [2.75, 3.05) is 31.1 Å². The summed E-state index contributed by atoms with van der Waals surface area (Å²) >= 11 is 0. The number of carbonyl (C=O) groups excluding carboxylic acids is 1. The molecule has 1 N–H and O–H groups in total. The van der Waals surface area contributed by atoms with E-state index in [1.165, 1.54) is 0 Å². The molecular weight excluding hydrogens is 360 g/mol. The van der Waals surface area contributed by atoms with Crippen molar-refractivity contribution in [1.82, 2.24) is 15.0 Å². The maximum Gasteiger partial charge on any atom is 0.528 e. The molecule has 0 amide bonds. The minimum Gasteiger partial charge on any atom is -0.427 e. The van der Waals surface area contributed by atoms with Gasteiger partial charge in [-0.1, -0.05) is 18.2 Å². The number of anilines is 1. The number of hydroxylamine groups is 2. The molecule has 0 atom stereocenters. The van der Waals surface area contributed by atoms with Crippen LogP contribution in [0.25, 0.3) is 11.4 Å². The van der Waals surface area contributed by atoms with Gasteiger partial charge in [0.1, 0.15) is 5.60 Å². The molecule has 28 heavy (non-hydrogen) atoms. The third-order valence-corrected chi connectivity index (χ3v) is 4.20. The topological polar surface area (TPSA) is 88.0 Å². The minimum absolute atomic E-state index is 0.0123. The monoisotopic (exact) mass is 386 g/mol. The number of hydrogen-bond acceptors (Lipinski definition) is 8. The lowest BCUT2D eigenvalue weighted by Gasteiger charge is -2.34. The van der Waals surface area contributed by atoms with Crippen LogP contribution in [0.5, 0.6) is 0 Å². The van der Waals surface area contributed by atoms with Gasteiger partial charge in [0, 0.05) is 18.7 Å². The Kier molecular flexibility index (Phi) is 6.11. The first kappa shape index (κ1) is 20.0. The number of benzene rings is 1. The van der Waals surface area contributed by atoms with Crippen molar-refractivity contribution in [3.8, 4) is 11.4 Å². The fraction of sp³-hybridized carbons (Fsp3) is 0.450. The van der Waals surface area contributed by atoms with Gasteiger partial charge in [0.25, 0.3) is 0 Å². The summed E-state index contributed by atoms with van der Waals surface area (Å²) in [5.41, 5.74) is 2.04. The van der Waals surface area contributed by atoms with E-state index in [1.807, 2.05) is 24.3 Å². The summed E-state index contributed by atoms with van der Waals surface area (Å²) in [6, 6.07) is 7.53. The molecule has 1 aliphatic rings.